The van der Waals surface area contributed by atoms with Gasteiger partial charge in [0.15, 0.2) is 0 Å². The first-order chi connectivity index (χ1) is 21.0. The zero-order valence-electron chi connectivity index (χ0n) is 24.1. The molecule has 1 aromatic carbocycles. The highest BCUT2D eigenvalue weighted by Gasteiger charge is 2.44. The predicted molar refractivity (Wildman–Crippen MR) is 169 cm³/mol. The predicted octanol–water partition coefficient (Wildman–Crippen LogP) is 6.24. The van der Waals surface area contributed by atoms with Crippen molar-refractivity contribution < 1.29 is 22.5 Å². The van der Waals surface area contributed by atoms with Gasteiger partial charge >= 0.3 is 0 Å². The number of amides is 1. The Bertz CT molecular complexity index is 1940. The highest BCUT2D eigenvalue weighted by molar-refractivity contribution is 7.89. The molecule has 10 nitrogen and oxygen atoms in total. The van der Waals surface area contributed by atoms with Gasteiger partial charge in [-0.3, -0.25) is 9.78 Å². The van der Waals surface area contributed by atoms with Crippen molar-refractivity contribution in [1.29, 1.82) is 0 Å². The summed E-state index contributed by atoms with van der Waals surface area (Å²) in [6.07, 6.45) is 11.6. The van der Waals surface area contributed by atoms with Crippen LogP contribution in [0.15, 0.2) is 47.3 Å². The first kappa shape index (κ1) is 29.1. The lowest BCUT2D eigenvalue weighted by Gasteiger charge is -2.47. The monoisotopic (exact) mass is 653 g/mol. The fraction of sp³-hybridized carbons (Fsp3) is 0.355. The first-order valence-corrected chi connectivity index (χ1v) is 17.0. The van der Waals surface area contributed by atoms with Gasteiger partial charge in [0, 0.05) is 59.7 Å². The number of halogens is 2. The van der Waals surface area contributed by atoms with E-state index in [2.05, 4.69) is 26.1 Å². The van der Waals surface area contributed by atoms with E-state index in [-0.39, 0.29) is 11.1 Å². The summed E-state index contributed by atoms with van der Waals surface area (Å²) in [7, 11) is -2.21. The van der Waals surface area contributed by atoms with Gasteiger partial charge in [0.1, 0.15) is 22.9 Å². The van der Waals surface area contributed by atoms with Gasteiger partial charge in [-0.25, -0.2) is 18.1 Å². The van der Waals surface area contributed by atoms with E-state index in [1.165, 1.54) is 18.7 Å². The average molecular weight is 655 g/mol. The number of ether oxygens (including phenoxy) is 1. The maximum absolute atomic E-state index is 12.4. The Hall–Kier alpha value is -3.67. The van der Waals surface area contributed by atoms with Crippen molar-refractivity contribution in [3.8, 4) is 17.0 Å². The fourth-order valence-electron chi connectivity index (χ4n) is 6.34. The minimum Gasteiger partial charge on any atom is -0.496 e. The van der Waals surface area contributed by atoms with E-state index in [0.717, 1.165) is 73.8 Å². The topological polar surface area (TPSA) is 128 Å². The fourth-order valence-corrected chi connectivity index (χ4v) is 7.33. The van der Waals surface area contributed by atoms with Crippen LogP contribution >= 0.6 is 23.2 Å². The van der Waals surface area contributed by atoms with Gasteiger partial charge in [-0.05, 0) is 61.3 Å². The molecule has 7 rings (SSSR count). The Kier molecular flexibility index (Phi) is 7.10. The van der Waals surface area contributed by atoms with E-state index in [4.69, 9.17) is 32.5 Å². The number of hydrogen-bond donors (Lipinski definition) is 1. The molecule has 1 spiro atoms. The molecule has 44 heavy (non-hydrogen) atoms. The number of methoxy groups -OCH3 is 1. The molecule has 1 amide bonds. The number of allylic oxidation sites excluding steroid dienone is 2. The molecule has 1 saturated heterocycles. The van der Waals surface area contributed by atoms with Crippen molar-refractivity contribution in [2.45, 2.75) is 38.0 Å². The summed E-state index contributed by atoms with van der Waals surface area (Å²) in [5.74, 6) is 0.953. The van der Waals surface area contributed by atoms with Crippen LogP contribution in [0.1, 0.15) is 59.8 Å². The highest BCUT2D eigenvalue weighted by Crippen LogP contribution is 2.56. The summed E-state index contributed by atoms with van der Waals surface area (Å²) in [5, 5.41) is 6.09. The summed E-state index contributed by atoms with van der Waals surface area (Å²) in [4.78, 5) is 23.2. The Morgan fingerprint density at radius 2 is 1.82 bits per heavy atom. The van der Waals surface area contributed by atoms with Crippen molar-refractivity contribution in [2.24, 2.45) is 5.41 Å². The number of aromatic nitrogens is 3. The molecule has 0 bridgehead atoms. The van der Waals surface area contributed by atoms with Gasteiger partial charge in [0.25, 0.3) is 5.91 Å². The number of sulfonamides is 1. The summed E-state index contributed by atoms with van der Waals surface area (Å²) in [6.45, 7) is 1.74. The molecular formula is C31H29Cl2N5O5S. The van der Waals surface area contributed by atoms with E-state index in [1.807, 2.05) is 22.9 Å². The molecule has 13 heteroatoms. The lowest BCUT2D eigenvalue weighted by molar-refractivity contribution is 0.0977. The Balaban J connectivity index is 1.11. The van der Waals surface area contributed by atoms with E-state index in [0.29, 0.717) is 38.5 Å². The minimum absolute atomic E-state index is 0.0330. The second-order valence-electron chi connectivity index (χ2n) is 11.8. The molecule has 1 N–H and O–H groups in total. The normalized spacial score (nSPS) is 17.8. The van der Waals surface area contributed by atoms with Crippen molar-refractivity contribution >= 4 is 61.3 Å². The number of piperidine rings is 1. The maximum Gasteiger partial charge on any atom is 0.283 e. The molecule has 2 fully saturated rings. The third kappa shape index (κ3) is 5.31. The molecule has 228 valence electrons. The average Bonchev–Trinajstić information content (AvgIpc) is 3.73. The van der Waals surface area contributed by atoms with Crippen LogP contribution in [0, 0.1) is 5.41 Å². The molecule has 3 aliphatic rings. The van der Waals surface area contributed by atoms with Gasteiger partial charge in [-0.2, -0.15) is 0 Å². The number of nitrogens with zero attached hydrogens (tertiary/aromatic N) is 4. The van der Waals surface area contributed by atoms with Gasteiger partial charge in [0.05, 0.1) is 28.9 Å². The van der Waals surface area contributed by atoms with Crippen molar-refractivity contribution in [1.82, 2.24) is 19.8 Å². The Morgan fingerprint density at radius 1 is 1.11 bits per heavy atom. The van der Waals surface area contributed by atoms with Crippen molar-refractivity contribution in [3.05, 3.63) is 69.8 Å². The number of benzene rings is 1. The molecular weight excluding hydrogens is 625 g/mol. The maximum atomic E-state index is 12.4. The SMILES string of the molecule is COc1cc(C(=O)NS(C)(=O)=O)nc2ccc(N3CCC4(C=C(c5c(-c6c(Cl)cncc6Cl)noc5C5CC5)C4)CC3)cc12. The molecule has 0 atom stereocenters. The number of fused-ring (bicyclic) bond motifs is 1. The van der Waals surface area contributed by atoms with Crippen LogP contribution in [0.2, 0.25) is 10.0 Å². The standard InChI is InChI=1S/C31H29Cl2N5O5S/c1-42-25-12-24(30(39)37-44(2,40)41)35-23-6-5-19(11-20(23)25)38-9-7-31(8-10-38)13-18(14-31)26-28(36-43-29(26)17-3-4-17)27-21(32)15-34-16-22(27)33/h5-6,11-13,15-17H,3-4,7-10,14H2,1-2H3,(H,37,39). The number of carbonyl (C=O) groups is 1. The molecule has 0 unspecified atom stereocenters. The zero-order valence-corrected chi connectivity index (χ0v) is 26.4. The lowest BCUT2D eigenvalue weighted by atomic mass is 9.63. The second kappa shape index (κ2) is 10.7. The van der Waals surface area contributed by atoms with Crippen LogP contribution in [0.3, 0.4) is 0 Å². The Morgan fingerprint density at radius 3 is 2.45 bits per heavy atom. The van der Waals surface area contributed by atoms with E-state index in [9.17, 15) is 13.2 Å². The van der Waals surface area contributed by atoms with Crippen LogP contribution in [0.5, 0.6) is 5.75 Å². The number of hydrogen-bond acceptors (Lipinski definition) is 9. The smallest absolute Gasteiger partial charge is 0.283 e. The third-order valence-corrected chi connectivity index (χ3v) is 9.84. The van der Waals surface area contributed by atoms with Crippen molar-refractivity contribution in [3.63, 3.8) is 0 Å². The van der Waals surface area contributed by atoms with Gasteiger partial charge in [-0.15, -0.1) is 0 Å². The van der Waals surface area contributed by atoms with Crippen LogP contribution < -0.4 is 14.4 Å². The van der Waals surface area contributed by atoms with Gasteiger partial charge < -0.3 is 14.2 Å². The summed E-state index contributed by atoms with van der Waals surface area (Å²) < 4.78 is 36.4. The lowest BCUT2D eigenvalue weighted by Crippen LogP contribution is -2.42. The molecule has 0 radical (unpaired) electrons. The second-order valence-corrected chi connectivity index (χ2v) is 14.4. The number of nitrogens with one attached hydrogen (secondary N) is 1. The zero-order chi connectivity index (χ0) is 30.8. The molecule has 4 aromatic rings. The van der Waals surface area contributed by atoms with Crippen molar-refractivity contribution in [2.75, 3.05) is 31.4 Å². The number of pyridine rings is 2. The summed E-state index contributed by atoms with van der Waals surface area (Å²) in [5.41, 5.74) is 5.26. The third-order valence-electron chi connectivity index (χ3n) is 8.71. The number of rotatable bonds is 7. The van der Waals surface area contributed by atoms with E-state index >= 15 is 0 Å². The highest BCUT2D eigenvalue weighted by atomic mass is 35.5. The Labute approximate surface area is 264 Å². The quantitative estimate of drug-likeness (QED) is 0.246. The van der Waals surface area contributed by atoms with Crippen LogP contribution in [0.4, 0.5) is 5.69 Å². The number of carbonyl (C=O) groups excluding carboxylic acids is 1. The molecule has 3 aromatic heterocycles. The van der Waals surface area contributed by atoms with Gasteiger partial charge in [-0.1, -0.05) is 34.4 Å². The van der Waals surface area contributed by atoms with Crippen LogP contribution in [-0.4, -0.2) is 55.9 Å². The largest absolute Gasteiger partial charge is 0.496 e. The van der Waals surface area contributed by atoms with E-state index < -0.39 is 15.9 Å². The van der Waals surface area contributed by atoms with Gasteiger partial charge in [0.2, 0.25) is 10.0 Å². The van der Waals surface area contributed by atoms with Crippen LogP contribution in [-0.2, 0) is 10.0 Å². The molecule has 4 heterocycles. The number of anilines is 1. The summed E-state index contributed by atoms with van der Waals surface area (Å²) >= 11 is 13.0. The minimum atomic E-state index is -3.72. The molecule has 2 aliphatic carbocycles. The van der Waals surface area contributed by atoms with Crippen LogP contribution in [0.25, 0.3) is 27.7 Å². The molecule has 1 aliphatic heterocycles. The first-order valence-electron chi connectivity index (χ1n) is 14.3. The molecule has 1 saturated carbocycles. The van der Waals surface area contributed by atoms with E-state index in [1.54, 1.807) is 12.4 Å². The summed E-state index contributed by atoms with van der Waals surface area (Å²) in [6, 6.07) is 7.27.